The summed E-state index contributed by atoms with van der Waals surface area (Å²) >= 11 is 0. The topological polar surface area (TPSA) is 288 Å². The van der Waals surface area contributed by atoms with Crippen molar-refractivity contribution in [2.75, 3.05) is 13.4 Å². The summed E-state index contributed by atoms with van der Waals surface area (Å²) in [4.78, 5) is 101. The molecule has 1 unspecified atom stereocenters. The smallest absolute Gasteiger partial charge is 0.334 e. The van der Waals surface area contributed by atoms with E-state index in [-0.39, 0.29) is 111 Å². The Labute approximate surface area is 766 Å². The average Bonchev–Trinajstić information content (AvgIpc) is 1.64. The van der Waals surface area contributed by atoms with Gasteiger partial charge in [-0.25, -0.2) is 28.8 Å². The number of hydrogen-bond donors (Lipinski definition) is 0. The molecular weight excluding hydrogens is 1680 g/mol. The maximum Gasteiger partial charge on any atom is 0.334 e. The Bertz CT molecular complexity index is 6090. The first kappa shape index (κ1) is 92.3. The predicted octanol–water partition coefficient (Wildman–Crippen LogP) is 18.9. The molecule has 0 amide bonds. The number of benzene rings is 5. The summed E-state index contributed by atoms with van der Waals surface area (Å²) in [6.45, 7) is 42.7. The molecule has 4 saturated heterocycles. The van der Waals surface area contributed by atoms with Crippen LogP contribution in [0.4, 0.5) is 0 Å². The standard InChI is InChI=1S/C28H26O5.C27H28O6.C26H24O7.C26H24O6.CH4/c1-16-11-22-13-21(28(30)32-22)14-25-27(17(2)18(3)31-25)24(12-16)33-26(29)15-20-9-6-8-19-7-4-5-10-23(19)20;1-5-30-21-9-6-19(7-10-21)8-11-25(28)33-23-13-16(2)12-22-14-20(27(29)32-22)15-24-26(23)17(3)18(4)31-24;1-14-8-19-11-18(26(28)32-19)12-23-25(15(2)16(3)31-23)22(9-14)33-24(27)7-5-17-4-6-20-21(10-17)30-13-29-20;1-14-8-19-10-17(26(28)31-19)11-23-25(15(2)16(3)30-23)22(9-14)32-24(27)12-18-13-29-21-7-5-4-6-20(18)21;/h4-10,12-13,22,24-25,27H,2-3,11,14-15H2,1H3;6-11,13-14,22-24,26H,3-5,12,15H2,1-2H3;4-7,9-11,19,22-23,25H,2-3,8,12-13H2,1H3;4-7,9-10,13,19,22-23,25H,2-3,8,11-12H2,1H3;1H4/b16-12+;11-8+,16-13+;7-5+,14-9+;14-9+;/t22-,24+,25?,27+;22-,23-,24+,26+;2*19-,22-,23+,25+;/m1111./s1. The van der Waals surface area contributed by atoms with E-state index >= 15 is 0 Å². The van der Waals surface area contributed by atoms with E-state index in [0.717, 1.165) is 72.0 Å². The second-order valence-corrected chi connectivity index (χ2v) is 34.5. The van der Waals surface area contributed by atoms with Gasteiger partial charge in [-0.15, -0.1) is 0 Å². The van der Waals surface area contributed by atoms with Crippen LogP contribution in [0.5, 0.6) is 17.2 Å². The van der Waals surface area contributed by atoms with Gasteiger partial charge in [-0.1, -0.05) is 161 Å². The highest BCUT2D eigenvalue weighted by molar-refractivity contribution is 5.94. The van der Waals surface area contributed by atoms with Crippen LogP contribution in [0, 0.1) is 23.7 Å². The van der Waals surface area contributed by atoms with Gasteiger partial charge in [-0.3, -0.25) is 9.59 Å². The molecule has 682 valence electrons. The molecule has 132 heavy (non-hydrogen) atoms. The van der Waals surface area contributed by atoms with Crippen molar-refractivity contribution in [3.63, 3.8) is 0 Å². The highest BCUT2D eigenvalue weighted by Crippen LogP contribution is 2.48. The van der Waals surface area contributed by atoms with Gasteiger partial charge in [0.2, 0.25) is 6.79 Å². The van der Waals surface area contributed by atoms with E-state index in [1.165, 1.54) is 12.2 Å². The van der Waals surface area contributed by atoms with Crippen molar-refractivity contribution in [2.24, 2.45) is 23.7 Å². The minimum Gasteiger partial charge on any atom is -0.494 e. The van der Waals surface area contributed by atoms with Crippen molar-refractivity contribution in [3.8, 4) is 17.2 Å². The summed E-state index contributed by atoms with van der Waals surface area (Å²) in [5.41, 5.74) is 12.9. The van der Waals surface area contributed by atoms with Gasteiger partial charge in [0.05, 0.1) is 49.4 Å². The van der Waals surface area contributed by atoms with Gasteiger partial charge in [-0.2, -0.15) is 0 Å². The van der Waals surface area contributed by atoms with Gasteiger partial charge >= 0.3 is 47.8 Å². The first-order valence-corrected chi connectivity index (χ1v) is 43.7. The Morgan fingerprint density at radius 2 is 0.765 bits per heavy atom. The molecule has 5 aromatic carbocycles. The maximum absolute atomic E-state index is 13.1. The summed E-state index contributed by atoms with van der Waals surface area (Å²) in [5, 5.41) is 3.01. The number of esters is 8. The minimum atomic E-state index is -0.621. The Balaban J connectivity index is 0.000000134. The van der Waals surface area contributed by atoms with E-state index in [2.05, 4.69) is 52.6 Å². The van der Waals surface area contributed by atoms with E-state index in [1.54, 1.807) is 30.5 Å². The number of allylic oxidation sites excluding steroid dienone is 4. The van der Waals surface area contributed by atoms with Crippen molar-refractivity contribution >= 4 is 81.6 Å². The SMILES string of the molecule is C.C=C1OC2CC3=C[C@@H](C/C(C)=C/[C@H](OC(=O)Cc4cccc5ccccc45)[C@@H]2C1=C)OC3=O.C=C1O[C@H]2CC3=C[C@@H](C/C(C)=C/[C@@H](OC(=O)/C=C/c4ccc(OCC)cc4)[C@@H]2C1=C)OC3=O.C=C1O[C@H]2CC3=C[C@@H](C/C(C)=C/[C@@H](OC(=O)/C=C/c4ccc5c(c4)OCO5)[C@@H]2C1=C)OC3=O.C=C1O[C@H]2CC3=C[C@@H](C/C(C)=C/[C@@H](OC(=O)Cc4coc5ccccc45)[C@@H]2C1=C)OC3=O. The molecule has 0 spiro atoms. The van der Waals surface area contributed by atoms with Gasteiger partial charge in [0.15, 0.2) is 11.5 Å². The molecule has 9 aliphatic heterocycles. The number of hydrogen-bond acceptors (Lipinski definition) is 24. The Morgan fingerprint density at radius 1 is 0.394 bits per heavy atom. The first-order chi connectivity index (χ1) is 63.0. The lowest BCUT2D eigenvalue weighted by Gasteiger charge is -2.26. The molecule has 16 atom stereocenters. The average molecular weight is 1790 g/mol. The largest absolute Gasteiger partial charge is 0.494 e. The van der Waals surface area contributed by atoms with E-state index in [9.17, 15) is 38.4 Å². The molecular formula is C108H106O24. The summed E-state index contributed by atoms with van der Waals surface area (Å²) < 4.78 is 91.1. The highest BCUT2D eigenvalue weighted by Gasteiger charge is 2.50. The Morgan fingerprint density at radius 3 is 1.20 bits per heavy atom. The number of furan rings is 1. The molecule has 8 bridgehead atoms. The normalized spacial score (nSPS) is 28.6. The molecule has 0 saturated carbocycles. The number of rotatable bonds is 14. The third kappa shape index (κ3) is 21.0. The van der Waals surface area contributed by atoms with Crippen molar-refractivity contribution in [1.29, 1.82) is 0 Å². The first-order valence-electron chi connectivity index (χ1n) is 43.7. The number of fused-ring (bicyclic) bond motifs is 11. The highest BCUT2D eigenvalue weighted by atomic mass is 16.7. The lowest BCUT2D eigenvalue weighted by molar-refractivity contribution is -0.149. The van der Waals surface area contributed by atoms with Crippen LogP contribution in [0.1, 0.15) is 116 Å². The quantitative estimate of drug-likeness (QED) is 0.0424. The van der Waals surface area contributed by atoms with Crippen molar-refractivity contribution in [3.05, 3.63) is 341 Å². The summed E-state index contributed by atoms with van der Waals surface area (Å²) in [5.74, 6) is -0.449. The zero-order valence-electron chi connectivity index (χ0n) is 73.6. The van der Waals surface area contributed by atoms with Crippen LogP contribution in [-0.4, -0.2) is 134 Å². The summed E-state index contributed by atoms with van der Waals surface area (Å²) in [7, 11) is 0. The van der Waals surface area contributed by atoms with Crippen molar-refractivity contribution in [1.82, 2.24) is 0 Å². The fraction of sp³-hybridized carbons (Fsp3) is 0.315. The van der Waals surface area contributed by atoms with E-state index in [4.69, 9.17) is 75.5 Å². The number of ether oxygens (including phenoxy) is 15. The molecule has 19 rings (SSSR count). The summed E-state index contributed by atoms with van der Waals surface area (Å²) in [6, 6.07) is 34.4. The van der Waals surface area contributed by atoms with Gasteiger partial charge < -0.3 is 75.5 Å². The van der Waals surface area contributed by atoms with E-state index < -0.39 is 60.8 Å². The van der Waals surface area contributed by atoms with Crippen LogP contribution >= 0.6 is 0 Å². The molecule has 24 nitrogen and oxygen atoms in total. The molecule has 10 heterocycles. The van der Waals surface area contributed by atoms with Gasteiger partial charge in [0, 0.05) is 96.8 Å². The fourth-order valence-corrected chi connectivity index (χ4v) is 18.7. The molecule has 6 aromatic rings. The molecule has 4 fully saturated rings. The maximum atomic E-state index is 13.1. The predicted molar refractivity (Wildman–Crippen MR) is 492 cm³/mol. The molecule has 1 aromatic heterocycles. The molecule has 24 heteroatoms. The zero-order valence-corrected chi connectivity index (χ0v) is 73.6. The minimum absolute atomic E-state index is 0. The van der Waals surface area contributed by atoms with Crippen LogP contribution in [0.15, 0.2) is 323 Å². The number of para-hydroxylation sites is 1. The van der Waals surface area contributed by atoms with Crippen LogP contribution in [-0.2, 0) is 108 Å². The van der Waals surface area contributed by atoms with Crippen LogP contribution in [0.3, 0.4) is 0 Å². The van der Waals surface area contributed by atoms with Crippen LogP contribution in [0.25, 0.3) is 33.9 Å². The van der Waals surface area contributed by atoms with Crippen LogP contribution < -0.4 is 14.2 Å². The third-order valence-corrected chi connectivity index (χ3v) is 25.0. The number of carbonyl (C=O) groups is 8. The molecule has 0 radical (unpaired) electrons. The summed E-state index contributed by atoms with van der Waals surface area (Å²) in [6.07, 6.45) is 21.3. The van der Waals surface area contributed by atoms with Crippen molar-refractivity contribution < 1.29 is 114 Å². The van der Waals surface area contributed by atoms with Gasteiger partial charge in [0.25, 0.3) is 0 Å². The zero-order chi connectivity index (χ0) is 92.2. The van der Waals surface area contributed by atoms with Crippen LogP contribution in [0.2, 0.25) is 0 Å². The van der Waals surface area contributed by atoms with E-state index in [0.29, 0.717) is 137 Å². The van der Waals surface area contributed by atoms with Crippen molar-refractivity contribution in [2.45, 2.75) is 180 Å². The van der Waals surface area contributed by atoms with Gasteiger partial charge in [-0.05, 0) is 175 Å². The molecule has 13 aliphatic rings. The Hall–Kier alpha value is -14.4. The Kier molecular flexibility index (Phi) is 27.9. The van der Waals surface area contributed by atoms with E-state index in [1.807, 2.05) is 180 Å². The third-order valence-electron chi connectivity index (χ3n) is 25.0. The monoisotopic (exact) mass is 1790 g/mol. The lowest BCUT2D eigenvalue weighted by atomic mass is 9.85. The molecule has 0 N–H and O–H groups in total. The fourth-order valence-electron chi connectivity index (χ4n) is 18.7. The second-order valence-electron chi connectivity index (χ2n) is 34.5. The second kappa shape index (κ2) is 39.9. The molecule has 4 aliphatic carbocycles. The lowest BCUT2D eigenvalue weighted by Crippen LogP contribution is -2.33. The van der Waals surface area contributed by atoms with Gasteiger partial charge in [0.1, 0.15) is 108 Å². The number of carbonyl (C=O) groups excluding carboxylic acids is 8.